The molecule has 0 aliphatic carbocycles. The highest BCUT2D eigenvalue weighted by molar-refractivity contribution is 5.92. The summed E-state index contributed by atoms with van der Waals surface area (Å²) in [5.41, 5.74) is 1.88. The third kappa shape index (κ3) is 5.31. The second-order valence-electron chi connectivity index (χ2n) is 7.70. The van der Waals surface area contributed by atoms with Gasteiger partial charge in [0, 0.05) is 24.3 Å². The summed E-state index contributed by atoms with van der Waals surface area (Å²) in [6.07, 6.45) is 1.70. The zero-order valence-electron chi connectivity index (χ0n) is 18.6. The largest absolute Gasteiger partial charge is 0.497 e. The maximum atomic E-state index is 12.8. The molecule has 33 heavy (non-hydrogen) atoms. The molecule has 1 unspecified atom stereocenters. The molecule has 0 bridgehead atoms. The van der Waals surface area contributed by atoms with E-state index in [1.807, 2.05) is 24.3 Å². The van der Waals surface area contributed by atoms with E-state index < -0.39 is 0 Å². The Kier molecular flexibility index (Phi) is 6.87. The number of carbonyl (C=O) groups excluding carboxylic acids is 2. The molecule has 1 N–H and O–H groups in total. The highest BCUT2D eigenvalue weighted by atomic mass is 16.5. The fourth-order valence-corrected chi connectivity index (χ4v) is 3.73. The number of ether oxygens (including phenoxy) is 2. The van der Waals surface area contributed by atoms with Crippen molar-refractivity contribution in [2.45, 2.75) is 25.7 Å². The van der Waals surface area contributed by atoms with Gasteiger partial charge in [0.15, 0.2) is 0 Å². The van der Waals surface area contributed by atoms with Crippen molar-refractivity contribution in [3.63, 3.8) is 0 Å². The van der Waals surface area contributed by atoms with Crippen LogP contribution in [0.2, 0.25) is 0 Å². The molecule has 1 aromatic heterocycles. The molecular formula is C24H26N4O5. The minimum atomic E-state index is -0.386. The number of urea groups is 1. The van der Waals surface area contributed by atoms with Crippen molar-refractivity contribution >= 4 is 17.7 Å². The lowest BCUT2D eigenvalue weighted by Gasteiger charge is -2.31. The van der Waals surface area contributed by atoms with E-state index in [0.717, 1.165) is 24.2 Å². The molecule has 1 saturated heterocycles. The van der Waals surface area contributed by atoms with Crippen LogP contribution >= 0.6 is 0 Å². The van der Waals surface area contributed by atoms with Gasteiger partial charge in [-0.25, -0.2) is 9.59 Å². The molecular weight excluding hydrogens is 424 g/mol. The van der Waals surface area contributed by atoms with Crippen molar-refractivity contribution < 1.29 is 23.6 Å². The van der Waals surface area contributed by atoms with Crippen LogP contribution in [0, 0.1) is 0 Å². The third-order valence-corrected chi connectivity index (χ3v) is 5.50. The number of esters is 1. The van der Waals surface area contributed by atoms with Gasteiger partial charge in [0.1, 0.15) is 5.75 Å². The number of aromatic nitrogens is 2. The quantitative estimate of drug-likeness (QED) is 0.557. The molecule has 2 heterocycles. The Hall–Kier alpha value is -3.88. The van der Waals surface area contributed by atoms with E-state index in [0.29, 0.717) is 42.7 Å². The standard InChI is InChI=1S/C24H26N4O5/c1-3-32-23(29)17-6-10-19(11-7-17)25-24(30)28-14-4-5-18(15-28)22-26-21(27-33-22)16-8-12-20(31-2)13-9-16/h6-13,18H,3-5,14-15H2,1-2H3,(H,25,30). The highest BCUT2D eigenvalue weighted by Gasteiger charge is 2.29. The number of carbonyl (C=O) groups is 2. The lowest BCUT2D eigenvalue weighted by molar-refractivity contribution is 0.0526. The summed E-state index contributed by atoms with van der Waals surface area (Å²) in [4.78, 5) is 30.9. The van der Waals surface area contributed by atoms with E-state index >= 15 is 0 Å². The van der Waals surface area contributed by atoms with E-state index in [4.69, 9.17) is 14.0 Å². The molecule has 2 aromatic carbocycles. The second kappa shape index (κ2) is 10.2. The van der Waals surface area contributed by atoms with Crippen molar-refractivity contribution in [2.75, 3.05) is 32.1 Å². The van der Waals surface area contributed by atoms with Gasteiger partial charge in [-0.3, -0.25) is 0 Å². The van der Waals surface area contributed by atoms with E-state index in [2.05, 4.69) is 15.5 Å². The zero-order valence-corrected chi connectivity index (χ0v) is 18.6. The second-order valence-corrected chi connectivity index (χ2v) is 7.70. The first-order chi connectivity index (χ1) is 16.1. The summed E-state index contributed by atoms with van der Waals surface area (Å²) >= 11 is 0. The van der Waals surface area contributed by atoms with Gasteiger partial charge in [0.05, 0.1) is 25.2 Å². The molecule has 1 aliphatic heterocycles. The average Bonchev–Trinajstić information content (AvgIpc) is 3.35. The maximum Gasteiger partial charge on any atom is 0.338 e. The van der Waals surface area contributed by atoms with Gasteiger partial charge in [0.25, 0.3) is 0 Å². The number of amides is 2. The molecule has 9 heteroatoms. The van der Waals surface area contributed by atoms with Crippen LogP contribution in [0.4, 0.5) is 10.5 Å². The smallest absolute Gasteiger partial charge is 0.338 e. The summed E-state index contributed by atoms with van der Waals surface area (Å²) in [7, 11) is 1.62. The SMILES string of the molecule is CCOC(=O)c1ccc(NC(=O)N2CCCC(c3nc(-c4ccc(OC)cc4)no3)C2)cc1. The summed E-state index contributed by atoms with van der Waals surface area (Å²) in [6, 6.07) is 13.9. The molecule has 0 radical (unpaired) electrons. The number of hydrogen-bond acceptors (Lipinski definition) is 7. The number of piperidine rings is 1. The Bertz CT molecular complexity index is 1090. The Morgan fingerprint density at radius 2 is 1.91 bits per heavy atom. The third-order valence-electron chi connectivity index (χ3n) is 5.50. The van der Waals surface area contributed by atoms with Gasteiger partial charge in [-0.1, -0.05) is 5.16 Å². The van der Waals surface area contributed by atoms with Gasteiger partial charge in [0.2, 0.25) is 11.7 Å². The highest BCUT2D eigenvalue weighted by Crippen LogP contribution is 2.28. The molecule has 0 saturated carbocycles. The molecule has 3 aromatic rings. The lowest BCUT2D eigenvalue weighted by atomic mass is 9.98. The summed E-state index contributed by atoms with van der Waals surface area (Å²) in [5, 5.41) is 6.99. The lowest BCUT2D eigenvalue weighted by Crippen LogP contribution is -2.41. The van der Waals surface area contributed by atoms with Crippen LogP contribution < -0.4 is 10.1 Å². The molecule has 172 valence electrons. The van der Waals surface area contributed by atoms with Gasteiger partial charge in [-0.2, -0.15) is 4.98 Å². The first-order valence-electron chi connectivity index (χ1n) is 10.9. The predicted molar refractivity (Wildman–Crippen MR) is 121 cm³/mol. The number of anilines is 1. The van der Waals surface area contributed by atoms with Crippen molar-refractivity contribution in [2.24, 2.45) is 0 Å². The normalized spacial score (nSPS) is 15.7. The van der Waals surface area contributed by atoms with Crippen molar-refractivity contribution in [1.82, 2.24) is 15.0 Å². The maximum absolute atomic E-state index is 12.8. The monoisotopic (exact) mass is 450 g/mol. The van der Waals surface area contributed by atoms with E-state index in [1.54, 1.807) is 43.2 Å². The summed E-state index contributed by atoms with van der Waals surface area (Å²) < 4.78 is 15.7. The van der Waals surface area contributed by atoms with Crippen LogP contribution in [0.1, 0.15) is 41.9 Å². The first-order valence-corrected chi connectivity index (χ1v) is 10.9. The Balaban J connectivity index is 1.37. The Labute approximate surface area is 191 Å². The average molecular weight is 450 g/mol. The molecule has 4 rings (SSSR count). The fraction of sp³-hybridized carbons (Fsp3) is 0.333. The van der Waals surface area contributed by atoms with Crippen LogP contribution in [0.5, 0.6) is 5.75 Å². The molecule has 2 amide bonds. The number of hydrogen-bond donors (Lipinski definition) is 1. The number of nitrogens with one attached hydrogen (secondary N) is 1. The Morgan fingerprint density at radius 1 is 1.15 bits per heavy atom. The topological polar surface area (TPSA) is 107 Å². The molecule has 1 atom stereocenters. The van der Waals surface area contributed by atoms with Gasteiger partial charge in [-0.05, 0) is 68.3 Å². The van der Waals surface area contributed by atoms with Crippen LogP contribution in [-0.2, 0) is 4.74 Å². The zero-order chi connectivity index (χ0) is 23.2. The Morgan fingerprint density at radius 3 is 2.61 bits per heavy atom. The summed E-state index contributed by atoms with van der Waals surface area (Å²) in [5.74, 6) is 1.37. The van der Waals surface area contributed by atoms with E-state index in [9.17, 15) is 9.59 Å². The van der Waals surface area contributed by atoms with Crippen LogP contribution in [0.15, 0.2) is 53.1 Å². The van der Waals surface area contributed by atoms with Crippen LogP contribution in [0.3, 0.4) is 0 Å². The number of likely N-dealkylation sites (tertiary alicyclic amines) is 1. The van der Waals surface area contributed by atoms with E-state index in [1.165, 1.54) is 0 Å². The van der Waals surface area contributed by atoms with Crippen molar-refractivity contribution in [3.05, 3.63) is 60.0 Å². The van der Waals surface area contributed by atoms with E-state index in [-0.39, 0.29) is 17.9 Å². The number of rotatable bonds is 6. The minimum Gasteiger partial charge on any atom is -0.497 e. The molecule has 0 spiro atoms. The molecule has 1 aliphatic rings. The predicted octanol–water partition coefficient (Wildman–Crippen LogP) is 4.33. The number of nitrogens with zero attached hydrogens (tertiary/aromatic N) is 3. The molecule has 1 fully saturated rings. The molecule has 9 nitrogen and oxygen atoms in total. The fourth-order valence-electron chi connectivity index (χ4n) is 3.73. The minimum absolute atomic E-state index is 0.0322. The van der Waals surface area contributed by atoms with Crippen LogP contribution in [0.25, 0.3) is 11.4 Å². The van der Waals surface area contributed by atoms with Gasteiger partial charge < -0.3 is 24.2 Å². The van der Waals surface area contributed by atoms with Gasteiger partial charge in [-0.15, -0.1) is 0 Å². The summed E-state index contributed by atoms with van der Waals surface area (Å²) in [6.45, 7) is 3.20. The van der Waals surface area contributed by atoms with Gasteiger partial charge >= 0.3 is 12.0 Å². The van der Waals surface area contributed by atoms with Crippen molar-refractivity contribution in [1.29, 1.82) is 0 Å². The first kappa shape index (κ1) is 22.3. The number of benzene rings is 2. The number of methoxy groups -OCH3 is 1. The van der Waals surface area contributed by atoms with Crippen LogP contribution in [-0.4, -0.2) is 53.8 Å². The van der Waals surface area contributed by atoms with Crippen molar-refractivity contribution in [3.8, 4) is 17.1 Å².